The number of hydrogen-bond acceptors (Lipinski definition) is 3. The Labute approximate surface area is 134 Å². The smallest absolute Gasteiger partial charge is 0.264 e. The molecule has 118 valence electrons. The van der Waals surface area contributed by atoms with E-state index in [0.717, 1.165) is 28.3 Å². The molecular formula is C17H16N2O3S. The second kappa shape index (κ2) is 5.55. The molecule has 0 bridgehead atoms. The number of carbonyl (C=O) groups is 1. The molecule has 0 aliphatic heterocycles. The summed E-state index contributed by atoms with van der Waals surface area (Å²) in [4.78, 5) is 12.1. The molecule has 0 saturated carbocycles. The summed E-state index contributed by atoms with van der Waals surface area (Å²) < 4.78 is 26.4. The molecule has 23 heavy (non-hydrogen) atoms. The molecule has 3 rings (SSSR count). The molecule has 1 amide bonds. The van der Waals surface area contributed by atoms with E-state index in [0.29, 0.717) is 5.56 Å². The SMILES string of the molecule is Cn1cc(-c2ccccc2)c2cc(C(=O)NS(C)(=O)=O)ccc21. The molecule has 0 fully saturated rings. The molecule has 6 heteroatoms. The summed E-state index contributed by atoms with van der Waals surface area (Å²) in [7, 11) is -1.65. The first-order valence-corrected chi connectivity index (χ1v) is 8.91. The Morgan fingerprint density at radius 2 is 1.78 bits per heavy atom. The van der Waals surface area contributed by atoms with Gasteiger partial charge in [-0.2, -0.15) is 0 Å². The number of fused-ring (bicyclic) bond motifs is 1. The largest absolute Gasteiger partial charge is 0.350 e. The van der Waals surface area contributed by atoms with Crippen molar-refractivity contribution in [3.63, 3.8) is 0 Å². The number of hydrogen-bond donors (Lipinski definition) is 1. The first kappa shape index (κ1) is 15.3. The van der Waals surface area contributed by atoms with Crippen LogP contribution in [0.5, 0.6) is 0 Å². The van der Waals surface area contributed by atoms with Crippen molar-refractivity contribution >= 4 is 26.8 Å². The fourth-order valence-electron chi connectivity index (χ4n) is 2.61. The van der Waals surface area contributed by atoms with Crippen LogP contribution in [0.3, 0.4) is 0 Å². The van der Waals surface area contributed by atoms with Crippen molar-refractivity contribution in [1.29, 1.82) is 0 Å². The summed E-state index contributed by atoms with van der Waals surface area (Å²) in [6.07, 6.45) is 2.96. The Kier molecular flexibility index (Phi) is 3.69. The van der Waals surface area contributed by atoms with Crippen LogP contribution in [0.15, 0.2) is 54.7 Å². The van der Waals surface area contributed by atoms with Gasteiger partial charge in [0.15, 0.2) is 0 Å². The van der Waals surface area contributed by atoms with Gasteiger partial charge in [-0.25, -0.2) is 13.1 Å². The van der Waals surface area contributed by atoms with Crippen molar-refractivity contribution in [2.45, 2.75) is 0 Å². The van der Waals surface area contributed by atoms with E-state index < -0.39 is 15.9 Å². The standard InChI is InChI=1S/C17H16N2O3S/c1-19-11-15(12-6-4-3-5-7-12)14-10-13(8-9-16(14)19)17(20)18-23(2,21)22/h3-11H,1-2H3,(H,18,20). The Bertz CT molecular complexity index is 989. The number of nitrogens with one attached hydrogen (secondary N) is 1. The van der Waals surface area contributed by atoms with Crippen LogP contribution in [0, 0.1) is 0 Å². The first-order chi connectivity index (χ1) is 10.8. The summed E-state index contributed by atoms with van der Waals surface area (Å²) in [6.45, 7) is 0. The lowest BCUT2D eigenvalue weighted by molar-refractivity contribution is 0.0982. The minimum absolute atomic E-state index is 0.311. The predicted octanol–water partition coefficient (Wildman–Crippen LogP) is 2.53. The maximum Gasteiger partial charge on any atom is 0.264 e. The number of aromatic nitrogens is 1. The fraction of sp³-hybridized carbons (Fsp3) is 0.118. The molecule has 1 N–H and O–H groups in total. The van der Waals surface area contributed by atoms with Gasteiger partial charge in [-0.3, -0.25) is 4.79 Å². The molecule has 0 unspecified atom stereocenters. The molecule has 1 aromatic heterocycles. The molecule has 1 heterocycles. The second-order valence-corrected chi connectivity index (χ2v) is 7.20. The van der Waals surface area contributed by atoms with Gasteiger partial charge in [-0.15, -0.1) is 0 Å². The van der Waals surface area contributed by atoms with E-state index in [1.165, 1.54) is 0 Å². The van der Waals surface area contributed by atoms with Crippen LogP contribution in [0.4, 0.5) is 0 Å². The molecule has 0 saturated heterocycles. The molecule has 0 atom stereocenters. The average molecular weight is 328 g/mol. The summed E-state index contributed by atoms with van der Waals surface area (Å²) in [6, 6.07) is 15.0. The van der Waals surface area contributed by atoms with Gasteiger partial charge in [-0.1, -0.05) is 30.3 Å². The third-order valence-electron chi connectivity index (χ3n) is 3.61. The number of nitrogens with zero attached hydrogens (tertiary/aromatic N) is 1. The van der Waals surface area contributed by atoms with Gasteiger partial charge in [0.2, 0.25) is 10.0 Å². The highest BCUT2D eigenvalue weighted by molar-refractivity contribution is 7.89. The minimum atomic E-state index is -3.59. The third kappa shape index (κ3) is 3.12. The van der Waals surface area contributed by atoms with Gasteiger partial charge in [-0.05, 0) is 23.8 Å². The number of benzene rings is 2. The quantitative estimate of drug-likeness (QED) is 0.803. The van der Waals surface area contributed by atoms with Crippen LogP contribution in [0.2, 0.25) is 0 Å². The third-order valence-corrected chi connectivity index (χ3v) is 4.17. The fourth-order valence-corrected chi connectivity index (χ4v) is 3.06. The Hall–Kier alpha value is -2.60. The Morgan fingerprint density at radius 3 is 2.43 bits per heavy atom. The Morgan fingerprint density at radius 1 is 1.09 bits per heavy atom. The second-order valence-electron chi connectivity index (χ2n) is 5.45. The zero-order valence-corrected chi connectivity index (χ0v) is 13.6. The number of rotatable bonds is 3. The van der Waals surface area contributed by atoms with Crippen molar-refractivity contribution in [1.82, 2.24) is 9.29 Å². The topological polar surface area (TPSA) is 68.2 Å². The van der Waals surface area contributed by atoms with E-state index in [4.69, 9.17) is 0 Å². The first-order valence-electron chi connectivity index (χ1n) is 7.02. The van der Waals surface area contributed by atoms with Crippen molar-refractivity contribution in [2.75, 3.05) is 6.26 Å². The van der Waals surface area contributed by atoms with Gasteiger partial charge in [0.25, 0.3) is 5.91 Å². The number of carbonyl (C=O) groups excluding carboxylic acids is 1. The van der Waals surface area contributed by atoms with Crippen LogP contribution < -0.4 is 4.72 Å². The molecular weight excluding hydrogens is 312 g/mol. The minimum Gasteiger partial charge on any atom is -0.350 e. The van der Waals surface area contributed by atoms with Gasteiger partial charge in [0, 0.05) is 35.3 Å². The van der Waals surface area contributed by atoms with Gasteiger partial charge < -0.3 is 4.57 Å². The van der Waals surface area contributed by atoms with E-state index in [1.807, 2.05) is 58.9 Å². The lowest BCUT2D eigenvalue weighted by Gasteiger charge is -2.04. The average Bonchev–Trinajstić information content (AvgIpc) is 2.83. The molecule has 0 spiro atoms. The van der Waals surface area contributed by atoms with Crippen molar-refractivity contribution in [3.8, 4) is 11.1 Å². The lowest BCUT2D eigenvalue weighted by Crippen LogP contribution is -2.29. The lowest BCUT2D eigenvalue weighted by atomic mass is 10.0. The zero-order chi connectivity index (χ0) is 16.6. The van der Waals surface area contributed by atoms with Gasteiger partial charge in [0.05, 0.1) is 6.26 Å². The number of sulfonamides is 1. The summed E-state index contributed by atoms with van der Waals surface area (Å²) in [5, 5.41) is 0.903. The van der Waals surface area contributed by atoms with Gasteiger partial charge >= 0.3 is 0 Å². The number of amides is 1. The molecule has 5 nitrogen and oxygen atoms in total. The predicted molar refractivity (Wildman–Crippen MR) is 90.7 cm³/mol. The number of aryl methyl sites for hydroxylation is 1. The highest BCUT2D eigenvalue weighted by atomic mass is 32.2. The van der Waals surface area contributed by atoms with Crippen LogP contribution in [0.25, 0.3) is 22.0 Å². The summed E-state index contributed by atoms with van der Waals surface area (Å²) >= 11 is 0. The van der Waals surface area contributed by atoms with E-state index in [9.17, 15) is 13.2 Å². The van der Waals surface area contributed by atoms with Crippen LogP contribution >= 0.6 is 0 Å². The highest BCUT2D eigenvalue weighted by Crippen LogP contribution is 2.30. The monoisotopic (exact) mass is 328 g/mol. The van der Waals surface area contributed by atoms with E-state index in [1.54, 1.807) is 12.1 Å². The van der Waals surface area contributed by atoms with Gasteiger partial charge in [0.1, 0.15) is 0 Å². The Balaban J connectivity index is 2.14. The molecule has 3 aromatic rings. The normalized spacial score (nSPS) is 11.6. The summed E-state index contributed by atoms with van der Waals surface area (Å²) in [5.74, 6) is -0.628. The molecule has 0 radical (unpaired) electrons. The highest BCUT2D eigenvalue weighted by Gasteiger charge is 2.14. The molecule has 0 aliphatic carbocycles. The molecule has 0 aliphatic rings. The molecule has 2 aromatic carbocycles. The van der Waals surface area contributed by atoms with Crippen LogP contribution in [0.1, 0.15) is 10.4 Å². The van der Waals surface area contributed by atoms with E-state index in [-0.39, 0.29) is 0 Å². The van der Waals surface area contributed by atoms with E-state index >= 15 is 0 Å². The van der Waals surface area contributed by atoms with Crippen LogP contribution in [-0.4, -0.2) is 25.1 Å². The maximum absolute atomic E-state index is 12.1. The zero-order valence-electron chi connectivity index (χ0n) is 12.8. The summed E-state index contributed by atoms with van der Waals surface area (Å²) in [5.41, 5.74) is 3.32. The van der Waals surface area contributed by atoms with E-state index in [2.05, 4.69) is 0 Å². The van der Waals surface area contributed by atoms with Crippen molar-refractivity contribution < 1.29 is 13.2 Å². The van der Waals surface area contributed by atoms with Crippen molar-refractivity contribution in [2.24, 2.45) is 7.05 Å². The maximum atomic E-state index is 12.1. The van der Waals surface area contributed by atoms with Crippen LogP contribution in [-0.2, 0) is 17.1 Å². The van der Waals surface area contributed by atoms with Crippen molar-refractivity contribution in [3.05, 3.63) is 60.3 Å².